The first-order valence-corrected chi connectivity index (χ1v) is 8.06. The van der Waals surface area contributed by atoms with Crippen molar-refractivity contribution in [3.8, 4) is 0 Å². The quantitative estimate of drug-likeness (QED) is 0.694. The van der Waals surface area contributed by atoms with Gasteiger partial charge in [0, 0.05) is 39.3 Å². The molecule has 118 valence electrons. The second kappa shape index (κ2) is 7.59. The highest BCUT2D eigenvalue weighted by Crippen LogP contribution is 2.48. The van der Waals surface area contributed by atoms with Crippen LogP contribution in [-0.2, 0) is 11.2 Å². The zero-order valence-electron chi connectivity index (χ0n) is 13.5. The van der Waals surface area contributed by atoms with E-state index in [4.69, 9.17) is 4.74 Å². The maximum atomic E-state index is 5.21. The van der Waals surface area contributed by atoms with Gasteiger partial charge >= 0.3 is 0 Å². The van der Waals surface area contributed by atoms with E-state index in [0.29, 0.717) is 5.41 Å². The lowest BCUT2D eigenvalue weighted by atomic mass is 10.0. The summed E-state index contributed by atoms with van der Waals surface area (Å²) in [7, 11) is 1.77. The number of nitrogens with one attached hydrogen (secondary N) is 2. The Morgan fingerprint density at radius 2 is 1.90 bits per heavy atom. The Morgan fingerprint density at radius 3 is 2.48 bits per heavy atom. The van der Waals surface area contributed by atoms with Gasteiger partial charge in [-0.25, -0.2) is 9.97 Å². The Hall–Kier alpha value is -1.36. The lowest BCUT2D eigenvalue weighted by Gasteiger charge is -2.17. The molecule has 2 N–H and O–H groups in total. The number of hydrogen-bond acceptors (Lipinski definition) is 5. The largest absolute Gasteiger partial charge is 0.385 e. The number of aryl methyl sites for hydroxylation is 1. The van der Waals surface area contributed by atoms with Crippen molar-refractivity contribution in [3.05, 3.63) is 11.9 Å². The molecule has 1 aromatic heterocycles. The van der Waals surface area contributed by atoms with E-state index in [1.54, 1.807) is 7.11 Å². The molecule has 0 aliphatic heterocycles. The SMILES string of the molecule is CCCNc1cc(NCC2(CCOC)CC2)nc(CC)n1. The Balaban J connectivity index is 1.95. The van der Waals surface area contributed by atoms with E-state index >= 15 is 0 Å². The van der Waals surface area contributed by atoms with Gasteiger partial charge in [-0.2, -0.15) is 0 Å². The predicted octanol–water partition coefficient (Wildman–Crippen LogP) is 3.09. The third-order valence-electron chi connectivity index (χ3n) is 4.08. The Morgan fingerprint density at radius 1 is 1.19 bits per heavy atom. The molecule has 0 saturated heterocycles. The third-order valence-corrected chi connectivity index (χ3v) is 4.08. The van der Waals surface area contributed by atoms with Gasteiger partial charge in [-0.05, 0) is 31.1 Å². The maximum Gasteiger partial charge on any atom is 0.132 e. The summed E-state index contributed by atoms with van der Waals surface area (Å²) in [5.41, 5.74) is 0.421. The summed E-state index contributed by atoms with van der Waals surface area (Å²) in [5, 5.41) is 6.85. The van der Waals surface area contributed by atoms with Crippen LogP contribution >= 0.6 is 0 Å². The number of nitrogens with zero attached hydrogens (tertiary/aromatic N) is 2. The molecule has 0 unspecified atom stereocenters. The van der Waals surface area contributed by atoms with E-state index in [0.717, 1.165) is 56.4 Å². The Labute approximate surface area is 127 Å². The normalized spacial score (nSPS) is 15.8. The van der Waals surface area contributed by atoms with Crippen LogP contribution in [0, 0.1) is 5.41 Å². The van der Waals surface area contributed by atoms with E-state index in [1.165, 1.54) is 12.8 Å². The van der Waals surface area contributed by atoms with Gasteiger partial charge in [0.15, 0.2) is 0 Å². The van der Waals surface area contributed by atoms with Crippen LogP contribution in [-0.4, -0.2) is 36.8 Å². The van der Waals surface area contributed by atoms with Gasteiger partial charge in [-0.3, -0.25) is 0 Å². The van der Waals surface area contributed by atoms with E-state index < -0.39 is 0 Å². The van der Waals surface area contributed by atoms with Crippen LogP contribution < -0.4 is 10.6 Å². The fourth-order valence-corrected chi connectivity index (χ4v) is 2.38. The van der Waals surface area contributed by atoms with Crippen LogP contribution in [0.5, 0.6) is 0 Å². The molecule has 1 aliphatic rings. The van der Waals surface area contributed by atoms with E-state index in [2.05, 4.69) is 34.4 Å². The highest BCUT2D eigenvalue weighted by Gasteiger charge is 2.41. The van der Waals surface area contributed by atoms with E-state index in [-0.39, 0.29) is 0 Å². The minimum Gasteiger partial charge on any atom is -0.385 e. The lowest BCUT2D eigenvalue weighted by Crippen LogP contribution is -2.18. The van der Waals surface area contributed by atoms with Gasteiger partial charge in [-0.15, -0.1) is 0 Å². The average Bonchev–Trinajstić information content (AvgIpc) is 3.29. The summed E-state index contributed by atoms with van der Waals surface area (Å²) >= 11 is 0. The van der Waals surface area contributed by atoms with Crippen LogP contribution in [0.15, 0.2) is 6.07 Å². The molecule has 0 atom stereocenters. The number of anilines is 2. The molecule has 0 aromatic carbocycles. The van der Waals surface area contributed by atoms with Crippen LogP contribution in [0.25, 0.3) is 0 Å². The minimum atomic E-state index is 0.421. The van der Waals surface area contributed by atoms with Gasteiger partial charge in [0.2, 0.25) is 0 Å². The molecule has 0 radical (unpaired) electrons. The molecule has 0 spiro atoms. The van der Waals surface area contributed by atoms with Crippen LogP contribution in [0.3, 0.4) is 0 Å². The zero-order chi connectivity index (χ0) is 15.1. The van der Waals surface area contributed by atoms with Crippen molar-refractivity contribution in [2.45, 2.75) is 46.0 Å². The first kappa shape index (κ1) is 16.0. The second-order valence-corrected chi connectivity index (χ2v) is 5.93. The number of hydrogen-bond donors (Lipinski definition) is 2. The number of aromatic nitrogens is 2. The van der Waals surface area contributed by atoms with Gasteiger partial charge in [0.25, 0.3) is 0 Å². The molecular weight excluding hydrogens is 264 g/mol. The summed E-state index contributed by atoms with van der Waals surface area (Å²) in [5.74, 6) is 2.75. The molecule has 21 heavy (non-hydrogen) atoms. The van der Waals surface area contributed by atoms with Crippen molar-refractivity contribution < 1.29 is 4.74 Å². The van der Waals surface area contributed by atoms with E-state index in [9.17, 15) is 0 Å². The number of methoxy groups -OCH3 is 1. The molecule has 1 heterocycles. The molecule has 1 saturated carbocycles. The van der Waals surface area contributed by atoms with Crippen molar-refractivity contribution in [1.82, 2.24) is 9.97 Å². The smallest absolute Gasteiger partial charge is 0.132 e. The Kier molecular flexibility index (Phi) is 5.79. The molecule has 0 bridgehead atoms. The standard InChI is InChI=1S/C16H28N4O/c1-4-9-17-14-11-15(20-13(5-2)19-14)18-12-16(6-7-16)8-10-21-3/h11H,4-10,12H2,1-3H3,(H2,17,18,19,20). The van der Waals surface area contributed by atoms with Crippen molar-refractivity contribution in [2.24, 2.45) is 5.41 Å². The van der Waals surface area contributed by atoms with Gasteiger partial charge in [-0.1, -0.05) is 13.8 Å². The molecule has 1 aliphatic carbocycles. The minimum absolute atomic E-state index is 0.421. The summed E-state index contributed by atoms with van der Waals surface area (Å²) in [6.45, 7) is 7.00. The van der Waals surface area contributed by atoms with Gasteiger partial charge in [0.1, 0.15) is 17.5 Å². The van der Waals surface area contributed by atoms with Gasteiger partial charge < -0.3 is 15.4 Å². The predicted molar refractivity (Wildman–Crippen MR) is 86.8 cm³/mol. The van der Waals surface area contributed by atoms with Crippen molar-refractivity contribution >= 4 is 11.6 Å². The van der Waals surface area contributed by atoms with Crippen molar-refractivity contribution in [3.63, 3.8) is 0 Å². The molecular formula is C16H28N4O. The van der Waals surface area contributed by atoms with Crippen molar-refractivity contribution in [1.29, 1.82) is 0 Å². The fraction of sp³-hybridized carbons (Fsp3) is 0.750. The molecule has 5 nitrogen and oxygen atoms in total. The van der Waals surface area contributed by atoms with Crippen molar-refractivity contribution in [2.75, 3.05) is 37.4 Å². The first-order valence-electron chi connectivity index (χ1n) is 8.06. The average molecular weight is 292 g/mol. The summed E-state index contributed by atoms with van der Waals surface area (Å²) in [6.07, 6.45) is 5.65. The molecule has 5 heteroatoms. The molecule has 2 rings (SSSR count). The summed E-state index contributed by atoms with van der Waals surface area (Å²) in [4.78, 5) is 9.09. The monoisotopic (exact) mass is 292 g/mol. The lowest BCUT2D eigenvalue weighted by molar-refractivity contribution is 0.175. The maximum absolute atomic E-state index is 5.21. The topological polar surface area (TPSA) is 59.1 Å². The molecule has 0 amide bonds. The zero-order valence-corrected chi connectivity index (χ0v) is 13.5. The molecule has 1 aromatic rings. The van der Waals surface area contributed by atoms with Crippen LogP contribution in [0.4, 0.5) is 11.6 Å². The summed E-state index contributed by atoms with van der Waals surface area (Å²) in [6, 6.07) is 2.02. The summed E-state index contributed by atoms with van der Waals surface area (Å²) < 4.78 is 5.21. The first-order chi connectivity index (χ1) is 10.2. The number of rotatable bonds is 10. The highest BCUT2D eigenvalue weighted by molar-refractivity contribution is 5.47. The Bertz CT molecular complexity index is 446. The molecule has 1 fully saturated rings. The highest BCUT2D eigenvalue weighted by atomic mass is 16.5. The second-order valence-electron chi connectivity index (χ2n) is 5.93. The van der Waals surface area contributed by atoms with Crippen LogP contribution in [0.2, 0.25) is 0 Å². The van der Waals surface area contributed by atoms with Gasteiger partial charge in [0.05, 0.1) is 0 Å². The van der Waals surface area contributed by atoms with Crippen LogP contribution in [0.1, 0.15) is 45.4 Å². The fourth-order valence-electron chi connectivity index (χ4n) is 2.38. The third kappa shape index (κ3) is 4.84. The number of ether oxygens (including phenoxy) is 1. The van der Waals surface area contributed by atoms with E-state index in [1.807, 2.05) is 6.07 Å².